The summed E-state index contributed by atoms with van der Waals surface area (Å²) in [6.45, 7) is 0. The third-order valence-corrected chi connectivity index (χ3v) is 3.42. The zero-order valence-corrected chi connectivity index (χ0v) is 11.0. The highest BCUT2D eigenvalue weighted by molar-refractivity contribution is 8.14. The molecule has 0 aromatic heterocycles. The van der Waals surface area contributed by atoms with Crippen molar-refractivity contribution in [3.8, 4) is 0 Å². The predicted octanol–water partition coefficient (Wildman–Crippen LogP) is 1.24. The van der Waals surface area contributed by atoms with Gasteiger partial charge >= 0.3 is 5.97 Å². The number of amides is 2. The van der Waals surface area contributed by atoms with Crippen molar-refractivity contribution < 1.29 is 19.1 Å². The number of hydrogen-bond acceptors (Lipinski definition) is 5. The molecule has 1 atom stereocenters. The molecule has 1 aliphatic heterocycles. The van der Waals surface area contributed by atoms with Gasteiger partial charge in [0.25, 0.3) is 5.24 Å². The number of rotatable bonds is 3. The molecule has 0 saturated carbocycles. The highest BCUT2D eigenvalue weighted by Crippen LogP contribution is 2.16. The monoisotopic (exact) mass is 280 g/mol. The Balaban J connectivity index is 2.04. The van der Waals surface area contributed by atoms with Crippen LogP contribution in [0.1, 0.15) is 10.4 Å². The van der Waals surface area contributed by atoms with Crippen molar-refractivity contribution in [1.82, 2.24) is 5.32 Å². The number of benzene rings is 1. The molecule has 1 aromatic rings. The molecule has 1 aliphatic rings. The van der Waals surface area contributed by atoms with Gasteiger partial charge in [0.1, 0.15) is 6.04 Å². The number of methoxy groups -OCH3 is 1. The van der Waals surface area contributed by atoms with Crippen LogP contribution in [0.2, 0.25) is 0 Å². The van der Waals surface area contributed by atoms with E-state index < -0.39 is 12.0 Å². The van der Waals surface area contributed by atoms with Crippen LogP contribution in [-0.2, 0) is 9.53 Å². The molecule has 1 heterocycles. The summed E-state index contributed by atoms with van der Waals surface area (Å²) in [5.41, 5.74) is 0.837. The van der Waals surface area contributed by atoms with Crippen LogP contribution in [0.4, 0.5) is 10.5 Å². The molecule has 0 aliphatic carbocycles. The maximum atomic E-state index is 11.9. The van der Waals surface area contributed by atoms with Gasteiger partial charge in [-0.2, -0.15) is 0 Å². The maximum absolute atomic E-state index is 11.9. The predicted molar refractivity (Wildman–Crippen MR) is 71.2 cm³/mol. The molecular formula is C12H12N2O4S. The van der Waals surface area contributed by atoms with Gasteiger partial charge in [0.05, 0.1) is 12.7 Å². The van der Waals surface area contributed by atoms with Crippen molar-refractivity contribution in [3.63, 3.8) is 0 Å². The summed E-state index contributed by atoms with van der Waals surface area (Å²) in [7, 11) is 1.29. The summed E-state index contributed by atoms with van der Waals surface area (Å²) >= 11 is 1.07. The normalized spacial score (nSPS) is 17.7. The summed E-state index contributed by atoms with van der Waals surface area (Å²) in [5, 5.41) is 4.99. The quantitative estimate of drug-likeness (QED) is 0.814. The Labute approximate surface area is 113 Å². The van der Waals surface area contributed by atoms with Gasteiger partial charge in [0, 0.05) is 11.4 Å². The lowest BCUT2D eigenvalue weighted by Crippen LogP contribution is -2.38. The second-order valence-corrected chi connectivity index (χ2v) is 4.85. The second-order valence-electron chi connectivity index (χ2n) is 3.86. The van der Waals surface area contributed by atoms with E-state index in [1.807, 2.05) is 0 Å². The van der Waals surface area contributed by atoms with E-state index in [1.165, 1.54) is 13.2 Å². The Hall–Kier alpha value is -2.02. The van der Waals surface area contributed by atoms with Crippen molar-refractivity contribution in [2.24, 2.45) is 0 Å². The fourth-order valence-corrected chi connectivity index (χ4v) is 2.38. The molecule has 7 heteroatoms. The Morgan fingerprint density at radius 2 is 2.26 bits per heavy atom. The third-order valence-electron chi connectivity index (χ3n) is 2.54. The van der Waals surface area contributed by atoms with Crippen LogP contribution >= 0.6 is 11.8 Å². The van der Waals surface area contributed by atoms with Crippen LogP contribution < -0.4 is 10.6 Å². The fourth-order valence-electron chi connectivity index (χ4n) is 1.60. The SMILES string of the molecule is COC(=O)c1cccc(NC(=O)C2CSC(=O)N2)c1. The summed E-state index contributed by atoms with van der Waals surface area (Å²) in [4.78, 5) is 34.2. The van der Waals surface area contributed by atoms with Gasteiger partial charge in [-0.05, 0) is 18.2 Å². The largest absolute Gasteiger partial charge is 0.465 e. The van der Waals surface area contributed by atoms with Crippen LogP contribution in [0.3, 0.4) is 0 Å². The van der Waals surface area contributed by atoms with Crippen LogP contribution in [0, 0.1) is 0 Å². The molecule has 1 aromatic carbocycles. The Morgan fingerprint density at radius 3 is 2.89 bits per heavy atom. The Morgan fingerprint density at radius 1 is 1.47 bits per heavy atom. The molecule has 6 nitrogen and oxygen atoms in total. The molecule has 2 N–H and O–H groups in total. The van der Waals surface area contributed by atoms with E-state index >= 15 is 0 Å². The zero-order valence-electron chi connectivity index (χ0n) is 10.1. The van der Waals surface area contributed by atoms with Crippen molar-refractivity contribution in [2.75, 3.05) is 18.2 Å². The summed E-state index contributed by atoms with van der Waals surface area (Å²) in [5.74, 6) is -0.373. The maximum Gasteiger partial charge on any atom is 0.337 e. The van der Waals surface area contributed by atoms with E-state index in [-0.39, 0.29) is 11.1 Å². The molecule has 0 spiro atoms. The number of hydrogen-bond donors (Lipinski definition) is 2. The number of esters is 1. The molecule has 2 rings (SSSR count). The van der Waals surface area contributed by atoms with E-state index in [9.17, 15) is 14.4 Å². The molecule has 2 amide bonds. The van der Waals surface area contributed by atoms with Crippen LogP contribution in [0.15, 0.2) is 24.3 Å². The smallest absolute Gasteiger partial charge is 0.337 e. The van der Waals surface area contributed by atoms with E-state index in [2.05, 4.69) is 15.4 Å². The van der Waals surface area contributed by atoms with Gasteiger partial charge in [0.2, 0.25) is 5.91 Å². The highest BCUT2D eigenvalue weighted by atomic mass is 32.2. The Bertz CT molecular complexity index is 532. The van der Waals surface area contributed by atoms with Crippen molar-refractivity contribution >= 4 is 34.6 Å². The minimum atomic E-state index is -0.542. The average molecular weight is 280 g/mol. The van der Waals surface area contributed by atoms with Crippen LogP contribution in [0.25, 0.3) is 0 Å². The molecule has 0 bridgehead atoms. The van der Waals surface area contributed by atoms with Crippen LogP contribution in [0.5, 0.6) is 0 Å². The van der Waals surface area contributed by atoms with Gasteiger partial charge in [-0.3, -0.25) is 9.59 Å². The summed E-state index contributed by atoms with van der Waals surface area (Å²) in [6, 6.07) is 5.87. The molecule has 1 saturated heterocycles. The summed E-state index contributed by atoms with van der Waals surface area (Å²) < 4.78 is 4.60. The van der Waals surface area contributed by atoms with E-state index in [4.69, 9.17) is 0 Å². The first kappa shape index (κ1) is 13.4. The fraction of sp³-hybridized carbons (Fsp3) is 0.250. The standard InChI is InChI=1S/C12H12N2O4S/c1-18-11(16)7-3-2-4-8(5-7)13-10(15)9-6-19-12(17)14-9/h2-5,9H,6H2,1H3,(H,13,15)(H,14,17). The summed E-state index contributed by atoms with van der Waals surface area (Å²) in [6.07, 6.45) is 0. The lowest BCUT2D eigenvalue weighted by Gasteiger charge is -2.10. The molecular weight excluding hydrogens is 268 g/mol. The van der Waals surface area contributed by atoms with Gasteiger partial charge < -0.3 is 15.4 Å². The average Bonchev–Trinajstić information content (AvgIpc) is 2.85. The third kappa shape index (κ3) is 3.25. The topological polar surface area (TPSA) is 84.5 Å². The number of thioether (sulfide) groups is 1. The van der Waals surface area contributed by atoms with Crippen molar-refractivity contribution in [2.45, 2.75) is 6.04 Å². The van der Waals surface area contributed by atoms with E-state index in [1.54, 1.807) is 18.2 Å². The first-order chi connectivity index (χ1) is 9.10. The van der Waals surface area contributed by atoms with Crippen LogP contribution in [-0.4, -0.2) is 36.0 Å². The molecule has 1 unspecified atom stereocenters. The lowest BCUT2D eigenvalue weighted by molar-refractivity contribution is -0.117. The van der Waals surface area contributed by atoms with E-state index in [0.717, 1.165) is 11.8 Å². The number of nitrogens with one attached hydrogen (secondary N) is 2. The van der Waals surface area contributed by atoms with Gasteiger partial charge in [-0.1, -0.05) is 17.8 Å². The van der Waals surface area contributed by atoms with Gasteiger partial charge in [-0.25, -0.2) is 4.79 Å². The van der Waals surface area contributed by atoms with Crippen molar-refractivity contribution in [3.05, 3.63) is 29.8 Å². The first-order valence-electron chi connectivity index (χ1n) is 5.52. The number of ether oxygens (including phenoxy) is 1. The lowest BCUT2D eigenvalue weighted by atomic mass is 10.2. The van der Waals surface area contributed by atoms with Gasteiger partial charge in [0.15, 0.2) is 0 Å². The molecule has 1 fully saturated rings. The second kappa shape index (κ2) is 5.75. The number of carbonyl (C=O) groups excluding carboxylic acids is 3. The van der Waals surface area contributed by atoms with E-state index in [0.29, 0.717) is 17.0 Å². The Kier molecular flexibility index (Phi) is 4.06. The molecule has 19 heavy (non-hydrogen) atoms. The molecule has 0 radical (unpaired) electrons. The minimum absolute atomic E-state index is 0.205. The number of carbonyl (C=O) groups is 3. The van der Waals surface area contributed by atoms with Gasteiger partial charge in [-0.15, -0.1) is 0 Å². The number of anilines is 1. The minimum Gasteiger partial charge on any atom is -0.465 e. The van der Waals surface area contributed by atoms with Crippen molar-refractivity contribution in [1.29, 1.82) is 0 Å². The molecule has 100 valence electrons. The first-order valence-corrected chi connectivity index (χ1v) is 6.51. The highest BCUT2D eigenvalue weighted by Gasteiger charge is 2.28. The zero-order chi connectivity index (χ0) is 13.8.